The van der Waals surface area contributed by atoms with Crippen molar-refractivity contribution in [3.8, 4) is 0 Å². The Morgan fingerprint density at radius 3 is 1.85 bits per heavy atom. The molecule has 80 valence electrons. The molecule has 2 atom stereocenters. The molecule has 0 aliphatic rings. The second-order valence-electron chi connectivity index (χ2n) is 4.43. The third kappa shape index (κ3) is 6.12. The Balaban J connectivity index is 3.63. The lowest BCUT2D eigenvalue weighted by Gasteiger charge is -2.22. The molecule has 0 aromatic carbocycles. The minimum atomic E-state index is 0.955. The van der Waals surface area contributed by atoms with Crippen molar-refractivity contribution in [1.82, 2.24) is 0 Å². The topological polar surface area (TPSA) is 0 Å². The van der Waals surface area contributed by atoms with Gasteiger partial charge in [0.25, 0.3) is 0 Å². The molecule has 0 amide bonds. The SMILES string of the molecule is CCCCC(C)C(CC)CCCC. The van der Waals surface area contributed by atoms with Gasteiger partial charge >= 0.3 is 0 Å². The minimum Gasteiger partial charge on any atom is -0.0654 e. The fourth-order valence-electron chi connectivity index (χ4n) is 2.12. The van der Waals surface area contributed by atoms with Gasteiger partial charge < -0.3 is 0 Å². The quantitative estimate of drug-likeness (QED) is 0.496. The van der Waals surface area contributed by atoms with Crippen molar-refractivity contribution < 1.29 is 0 Å². The molecule has 0 saturated heterocycles. The zero-order valence-electron chi connectivity index (χ0n) is 10.1. The highest BCUT2D eigenvalue weighted by Gasteiger charge is 2.13. The molecule has 13 heavy (non-hydrogen) atoms. The summed E-state index contributed by atoms with van der Waals surface area (Å²) in [6, 6.07) is 0. The highest BCUT2D eigenvalue weighted by atomic mass is 14.2. The summed E-state index contributed by atoms with van der Waals surface area (Å²) in [5.41, 5.74) is 0. The van der Waals surface area contributed by atoms with Gasteiger partial charge in [0.15, 0.2) is 0 Å². The van der Waals surface area contributed by atoms with Crippen molar-refractivity contribution in [1.29, 1.82) is 0 Å². The van der Waals surface area contributed by atoms with E-state index >= 15 is 0 Å². The Kier molecular flexibility index (Phi) is 8.59. The van der Waals surface area contributed by atoms with Gasteiger partial charge in [-0.3, -0.25) is 0 Å². The molecular weight excluding hydrogens is 156 g/mol. The largest absolute Gasteiger partial charge is 0.0654 e. The van der Waals surface area contributed by atoms with Crippen molar-refractivity contribution >= 4 is 0 Å². The number of rotatable bonds is 8. The van der Waals surface area contributed by atoms with Crippen LogP contribution in [0.1, 0.15) is 72.6 Å². The lowest BCUT2D eigenvalue weighted by Crippen LogP contribution is -2.10. The fraction of sp³-hybridized carbons (Fsp3) is 1.00. The first kappa shape index (κ1) is 13.0. The van der Waals surface area contributed by atoms with Gasteiger partial charge in [-0.25, -0.2) is 0 Å². The normalized spacial score (nSPS) is 15.7. The van der Waals surface area contributed by atoms with Crippen LogP contribution in [0.15, 0.2) is 0 Å². The maximum Gasteiger partial charge on any atom is -0.0391 e. The second-order valence-corrected chi connectivity index (χ2v) is 4.43. The molecule has 0 bridgehead atoms. The standard InChI is InChI=1S/C13H28/c1-5-8-10-12(4)13(7-3)11-9-6-2/h12-13H,5-11H2,1-4H3. The van der Waals surface area contributed by atoms with Crippen LogP contribution in [-0.4, -0.2) is 0 Å². The van der Waals surface area contributed by atoms with Crippen LogP contribution in [0.3, 0.4) is 0 Å². The lowest BCUT2D eigenvalue weighted by atomic mass is 9.84. The predicted octanol–water partition coefficient (Wildman–Crippen LogP) is 5.03. The van der Waals surface area contributed by atoms with Crippen molar-refractivity contribution in [2.45, 2.75) is 72.6 Å². The van der Waals surface area contributed by atoms with E-state index in [1.807, 2.05) is 0 Å². The van der Waals surface area contributed by atoms with Gasteiger partial charge in [-0.15, -0.1) is 0 Å². The highest BCUT2D eigenvalue weighted by Crippen LogP contribution is 2.25. The Hall–Kier alpha value is 0. The maximum absolute atomic E-state index is 2.44. The zero-order valence-corrected chi connectivity index (χ0v) is 10.1. The summed E-state index contributed by atoms with van der Waals surface area (Å²) in [5.74, 6) is 1.95. The third-order valence-electron chi connectivity index (χ3n) is 3.27. The van der Waals surface area contributed by atoms with Gasteiger partial charge in [0.2, 0.25) is 0 Å². The van der Waals surface area contributed by atoms with Gasteiger partial charge in [0.05, 0.1) is 0 Å². The summed E-state index contributed by atoms with van der Waals surface area (Å²) < 4.78 is 0. The first-order chi connectivity index (χ1) is 6.26. The molecule has 0 fully saturated rings. The molecule has 0 heteroatoms. The first-order valence-electron chi connectivity index (χ1n) is 6.26. The molecule has 2 unspecified atom stereocenters. The van der Waals surface area contributed by atoms with E-state index in [4.69, 9.17) is 0 Å². The summed E-state index contributed by atoms with van der Waals surface area (Å²) in [4.78, 5) is 0. The van der Waals surface area contributed by atoms with E-state index in [0.29, 0.717) is 0 Å². The van der Waals surface area contributed by atoms with E-state index in [1.54, 1.807) is 0 Å². The van der Waals surface area contributed by atoms with Crippen LogP contribution in [0.5, 0.6) is 0 Å². The van der Waals surface area contributed by atoms with E-state index in [1.165, 1.54) is 44.9 Å². The Morgan fingerprint density at radius 1 is 0.846 bits per heavy atom. The molecule has 0 aromatic heterocycles. The number of hydrogen-bond acceptors (Lipinski definition) is 0. The minimum absolute atomic E-state index is 0.955. The Labute approximate surface area is 85.1 Å². The van der Waals surface area contributed by atoms with Crippen molar-refractivity contribution in [3.05, 3.63) is 0 Å². The molecule has 0 saturated carbocycles. The van der Waals surface area contributed by atoms with Crippen LogP contribution < -0.4 is 0 Å². The number of unbranched alkanes of at least 4 members (excludes halogenated alkanes) is 2. The highest BCUT2D eigenvalue weighted by molar-refractivity contribution is 4.65. The summed E-state index contributed by atoms with van der Waals surface area (Å²) in [6.45, 7) is 9.38. The van der Waals surface area contributed by atoms with Crippen LogP contribution in [0.4, 0.5) is 0 Å². The summed E-state index contributed by atoms with van der Waals surface area (Å²) in [6.07, 6.45) is 9.84. The average Bonchev–Trinajstić information content (AvgIpc) is 2.16. The van der Waals surface area contributed by atoms with E-state index in [9.17, 15) is 0 Å². The van der Waals surface area contributed by atoms with Crippen LogP contribution in [-0.2, 0) is 0 Å². The van der Waals surface area contributed by atoms with Crippen LogP contribution >= 0.6 is 0 Å². The van der Waals surface area contributed by atoms with Gasteiger partial charge in [0.1, 0.15) is 0 Å². The molecule has 0 aromatic rings. The Morgan fingerprint density at radius 2 is 1.38 bits per heavy atom. The van der Waals surface area contributed by atoms with Crippen LogP contribution in [0.2, 0.25) is 0 Å². The van der Waals surface area contributed by atoms with E-state index in [2.05, 4.69) is 27.7 Å². The lowest BCUT2D eigenvalue weighted by molar-refractivity contribution is 0.296. The van der Waals surface area contributed by atoms with Crippen molar-refractivity contribution in [2.24, 2.45) is 11.8 Å². The van der Waals surface area contributed by atoms with E-state index in [0.717, 1.165) is 11.8 Å². The van der Waals surface area contributed by atoms with Gasteiger partial charge in [-0.2, -0.15) is 0 Å². The smallest absolute Gasteiger partial charge is 0.0391 e. The van der Waals surface area contributed by atoms with Crippen molar-refractivity contribution in [2.75, 3.05) is 0 Å². The molecule has 0 aliphatic heterocycles. The van der Waals surface area contributed by atoms with Crippen molar-refractivity contribution in [3.63, 3.8) is 0 Å². The van der Waals surface area contributed by atoms with Gasteiger partial charge in [-0.1, -0.05) is 72.6 Å². The molecule has 0 N–H and O–H groups in total. The molecule has 0 aliphatic carbocycles. The van der Waals surface area contributed by atoms with E-state index in [-0.39, 0.29) is 0 Å². The van der Waals surface area contributed by atoms with Crippen LogP contribution in [0, 0.1) is 11.8 Å². The average molecular weight is 184 g/mol. The predicted molar refractivity (Wildman–Crippen MR) is 62.0 cm³/mol. The zero-order chi connectivity index (χ0) is 10.1. The fourth-order valence-corrected chi connectivity index (χ4v) is 2.12. The summed E-state index contributed by atoms with van der Waals surface area (Å²) in [7, 11) is 0. The molecule has 0 nitrogen and oxygen atoms in total. The van der Waals surface area contributed by atoms with Crippen LogP contribution in [0.25, 0.3) is 0 Å². The second kappa shape index (κ2) is 8.59. The first-order valence-corrected chi connectivity index (χ1v) is 6.26. The maximum atomic E-state index is 2.44. The van der Waals surface area contributed by atoms with Gasteiger partial charge in [-0.05, 0) is 11.8 Å². The summed E-state index contributed by atoms with van der Waals surface area (Å²) in [5, 5.41) is 0. The number of hydrogen-bond donors (Lipinski definition) is 0. The summed E-state index contributed by atoms with van der Waals surface area (Å²) >= 11 is 0. The molecule has 0 radical (unpaired) electrons. The Bertz CT molecular complexity index is 96.2. The molecule has 0 rings (SSSR count). The third-order valence-corrected chi connectivity index (χ3v) is 3.27. The van der Waals surface area contributed by atoms with Gasteiger partial charge in [0, 0.05) is 0 Å². The van der Waals surface area contributed by atoms with E-state index < -0.39 is 0 Å². The monoisotopic (exact) mass is 184 g/mol. The molecular formula is C13H28. The molecule has 0 heterocycles. The molecule has 0 spiro atoms.